The van der Waals surface area contributed by atoms with Crippen LogP contribution in [0.3, 0.4) is 0 Å². The van der Waals surface area contributed by atoms with E-state index in [-0.39, 0.29) is 59.6 Å². The van der Waals surface area contributed by atoms with E-state index in [0.29, 0.717) is 39.3 Å². The van der Waals surface area contributed by atoms with Crippen LogP contribution in [0.5, 0.6) is 0 Å². The molecule has 0 aromatic carbocycles. The Kier molecular flexibility index (Phi) is 26.2. The molecule has 4 aliphatic rings. The number of carbonyl (C=O) groups is 10. The standard InChI is InChI=1S/C18H29N3O6S4.C12H21N3O6S4.C7H8O3S2/c1-17(2)28-9(11(30-17)15(24)25)13(22)20-7-5-19-6-8-21-14(23)10-12(16(26)27)31-18(3,4)29-10;16-9(5(22)7(24)11(18)19)14-3-1-13-2-4-15-10(17)6(23)8(25)12(20)21;1-7(2)11-3-4(12-7)6(9)10-5(3)8/h9-12,19H,5-8H2,1-4H3,(H,20,22)(H,21,23)(H,24,25)(H,26,27);5-8,13,22-25H,1-4H2,(H,14,16)(H,15,17)(H,18,19)(H,20,21);3-4H,1-2H3. The molecule has 0 aromatic rings. The van der Waals surface area contributed by atoms with Crippen LogP contribution < -0.4 is 31.9 Å². The Morgan fingerprint density at radius 1 is 0.471 bits per heavy atom. The molecule has 68 heavy (non-hydrogen) atoms. The molecule has 4 rings (SSSR count). The maximum atomic E-state index is 12.4. The van der Waals surface area contributed by atoms with Crippen LogP contribution >= 0.6 is 121 Å². The molecule has 4 aliphatic heterocycles. The van der Waals surface area contributed by atoms with Gasteiger partial charge in [0.1, 0.15) is 52.5 Å². The summed E-state index contributed by atoms with van der Waals surface area (Å²) in [6, 6.07) is 0. The minimum Gasteiger partial charge on any atom is -0.480 e. The molecule has 10 unspecified atom stereocenters. The molecular weight excluding hydrogens is 1090 g/mol. The van der Waals surface area contributed by atoms with E-state index in [1.54, 1.807) is 0 Å². The first kappa shape index (κ1) is 62.4. The first-order valence-electron chi connectivity index (χ1n) is 20.4. The number of carboxylic acids is 4. The number of esters is 2. The number of fused-ring (bicyclic) bond motifs is 1. The van der Waals surface area contributed by atoms with Crippen LogP contribution in [0, 0.1) is 0 Å². The summed E-state index contributed by atoms with van der Waals surface area (Å²) in [6.07, 6.45) is 0. The maximum absolute atomic E-state index is 12.4. The second-order valence-corrected chi connectivity index (χ2v) is 29.6. The van der Waals surface area contributed by atoms with Crippen molar-refractivity contribution in [3.63, 3.8) is 0 Å². The molecule has 4 amide bonds. The monoisotopic (exact) mass is 1150 g/mol. The van der Waals surface area contributed by atoms with Gasteiger partial charge in [-0.2, -0.15) is 50.5 Å². The van der Waals surface area contributed by atoms with Crippen LogP contribution in [-0.4, -0.2) is 197 Å². The summed E-state index contributed by atoms with van der Waals surface area (Å²) in [6.45, 7) is 14.5. The third kappa shape index (κ3) is 20.4. The molecule has 4 saturated heterocycles. The van der Waals surface area contributed by atoms with Crippen molar-refractivity contribution in [1.29, 1.82) is 0 Å². The summed E-state index contributed by atoms with van der Waals surface area (Å²) in [5.74, 6) is -6.84. The number of hydrogen-bond donors (Lipinski definition) is 14. The van der Waals surface area contributed by atoms with E-state index >= 15 is 0 Å². The lowest BCUT2D eigenvalue weighted by Crippen LogP contribution is -2.44. The maximum Gasteiger partial charge on any atom is 0.328 e. The highest BCUT2D eigenvalue weighted by molar-refractivity contribution is 8.23. The smallest absolute Gasteiger partial charge is 0.328 e. The van der Waals surface area contributed by atoms with Gasteiger partial charge in [-0.05, 0) is 41.5 Å². The van der Waals surface area contributed by atoms with Gasteiger partial charge < -0.3 is 57.1 Å². The van der Waals surface area contributed by atoms with Crippen LogP contribution in [0.1, 0.15) is 41.5 Å². The van der Waals surface area contributed by atoms with Gasteiger partial charge in [-0.25, -0.2) is 0 Å². The fourth-order valence-corrected chi connectivity index (χ4v) is 16.1. The van der Waals surface area contributed by atoms with Crippen molar-refractivity contribution in [2.45, 2.75) is 106 Å². The van der Waals surface area contributed by atoms with Crippen LogP contribution in [0.2, 0.25) is 0 Å². The fourth-order valence-electron chi connectivity index (χ4n) is 5.90. The molecule has 4 heterocycles. The van der Waals surface area contributed by atoms with Gasteiger partial charge in [0, 0.05) is 52.4 Å². The Labute approximate surface area is 440 Å². The SMILES string of the molecule is CC1(C)SC(C(=O)O)C(C(=O)NCCNCCNC(=O)C2SC(C)(C)SC2C(=O)O)S1.CC1(C)SC2C(=O)OC(=O)C2S1.O=C(O)C(S)C(S)C(=O)NCCNCCNC(=O)C(S)C(S)C(=O)O. The van der Waals surface area contributed by atoms with Crippen molar-refractivity contribution in [2.24, 2.45) is 0 Å². The van der Waals surface area contributed by atoms with E-state index in [1.807, 2.05) is 41.5 Å². The van der Waals surface area contributed by atoms with Gasteiger partial charge in [0.2, 0.25) is 23.6 Å². The number of ether oxygens (including phenoxy) is 1. The molecule has 0 aromatic heterocycles. The molecule has 10 atom stereocenters. The number of carbonyl (C=O) groups excluding carboxylic acids is 6. The largest absolute Gasteiger partial charge is 0.480 e. The molecule has 31 heteroatoms. The van der Waals surface area contributed by atoms with Crippen molar-refractivity contribution in [1.82, 2.24) is 31.9 Å². The lowest BCUT2D eigenvalue weighted by Gasteiger charge is -2.16. The Bertz CT molecular complexity index is 1750. The molecule has 10 N–H and O–H groups in total. The third-order valence-corrected chi connectivity index (χ3v) is 21.6. The summed E-state index contributed by atoms with van der Waals surface area (Å²) in [4.78, 5) is 114. The van der Waals surface area contributed by atoms with Crippen molar-refractivity contribution in [3.8, 4) is 0 Å². The molecule has 0 bridgehead atoms. The van der Waals surface area contributed by atoms with Gasteiger partial charge in [0.25, 0.3) is 0 Å². The van der Waals surface area contributed by atoms with E-state index in [0.717, 1.165) is 0 Å². The molecule has 4 fully saturated rings. The number of carboxylic acid groups (broad SMARTS) is 4. The number of thioether (sulfide) groups is 6. The van der Waals surface area contributed by atoms with Crippen molar-refractivity contribution >= 4 is 181 Å². The number of aliphatic carboxylic acids is 4. The average molecular weight is 1150 g/mol. The molecule has 0 radical (unpaired) electrons. The van der Waals surface area contributed by atoms with Crippen molar-refractivity contribution in [2.75, 3.05) is 52.4 Å². The predicted octanol–water partition coefficient (Wildman–Crippen LogP) is 0.0785. The highest BCUT2D eigenvalue weighted by atomic mass is 32.2. The molecule has 0 spiro atoms. The van der Waals surface area contributed by atoms with E-state index in [1.165, 1.54) is 70.6 Å². The zero-order valence-electron chi connectivity index (χ0n) is 37.4. The molecule has 0 saturated carbocycles. The van der Waals surface area contributed by atoms with Gasteiger partial charge in [0.15, 0.2) is 0 Å². The zero-order valence-corrected chi connectivity index (χ0v) is 45.9. The Hall–Kier alpha value is -1.68. The first-order chi connectivity index (χ1) is 31.4. The fraction of sp³-hybridized carbons (Fsp3) is 0.730. The minimum absolute atomic E-state index is 0.0373. The number of hydrogen-bond acceptors (Lipinski definition) is 23. The van der Waals surface area contributed by atoms with Gasteiger partial charge in [-0.1, -0.05) is 0 Å². The number of cyclic esters (lactones) is 2. The average Bonchev–Trinajstić information content (AvgIpc) is 3.95. The number of amides is 4. The quantitative estimate of drug-likeness (QED) is 0.0295. The molecule has 0 aliphatic carbocycles. The highest BCUT2D eigenvalue weighted by Gasteiger charge is 2.55. The summed E-state index contributed by atoms with van der Waals surface area (Å²) < 4.78 is 3.81. The van der Waals surface area contributed by atoms with Gasteiger partial charge in [-0.15, -0.1) is 70.6 Å². The number of nitrogens with one attached hydrogen (secondary N) is 6. The van der Waals surface area contributed by atoms with E-state index in [4.69, 9.17) is 10.2 Å². The van der Waals surface area contributed by atoms with Crippen molar-refractivity contribution in [3.05, 3.63) is 0 Å². The lowest BCUT2D eigenvalue weighted by atomic mass is 10.2. The first-order valence-corrected chi connectivity index (χ1v) is 27.7. The topological polar surface area (TPSA) is 333 Å². The lowest BCUT2D eigenvalue weighted by molar-refractivity contribution is -0.152. The summed E-state index contributed by atoms with van der Waals surface area (Å²) >= 11 is 23.7. The summed E-state index contributed by atoms with van der Waals surface area (Å²) in [5, 5.41) is 44.8. The predicted molar refractivity (Wildman–Crippen MR) is 281 cm³/mol. The second-order valence-electron chi connectivity index (χ2n) is 16.0. The highest BCUT2D eigenvalue weighted by Crippen LogP contribution is 2.55. The van der Waals surface area contributed by atoms with Crippen LogP contribution in [0.15, 0.2) is 0 Å². The second kappa shape index (κ2) is 28.5. The van der Waals surface area contributed by atoms with Gasteiger partial charge in [-0.3, -0.25) is 47.9 Å². The van der Waals surface area contributed by atoms with Crippen LogP contribution in [0.4, 0.5) is 0 Å². The summed E-state index contributed by atoms with van der Waals surface area (Å²) in [7, 11) is 0. The normalized spacial score (nSPS) is 25.6. The molecular formula is C37H58N6O15S10. The van der Waals surface area contributed by atoms with Gasteiger partial charge in [0.05, 0.1) is 12.2 Å². The number of thiol groups is 4. The van der Waals surface area contributed by atoms with E-state index in [9.17, 15) is 58.2 Å². The minimum atomic E-state index is -1.24. The van der Waals surface area contributed by atoms with Crippen LogP contribution in [0.25, 0.3) is 0 Å². The van der Waals surface area contributed by atoms with Crippen LogP contribution in [-0.2, 0) is 52.7 Å². The Morgan fingerprint density at radius 2 is 0.750 bits per heavy atom. The van der Waals surface area contributed by atoms with E-state index in [2.05, 4.69) is 87.2 Å². The van der Waals surface area contributed by atoms with Crippen molar-refractivity contribution < 1.29 is 73.1 Å². The van der Waals surface area contributed by atoms with Gasteiger partial charge >= 0.3 is 35.8 Å². The third-order valence-electron chi connectivity index (χ3n) is 9.00. The molecule has 386 valence electrons. The Balaban J connectivity index is 0.000000381. The molecule has 21 nitrogen and oxygen atoms in total. The summed E-state index contributed by atoms with van der Waals surface area (Å²) in [5.41, 5.74) is 0. The Morgan fingerprint density at radius 3 is 1.04 bits per heavy atom. The zero-order chi connectivity index (χ0) is 51.9. The van der Waals surface area contributed by atoms with E-state index < -0.39 is 77.7 Å². The number of rotatable bonds is 22.